The van der Waals surface area contributed by atoms with E-state index in [0.717, 1.165) is 46.5 Å². The molecular weight excluding hydrogens is 424 g/mol. The van der Waals surface area contributed by atoms with Gasteiger partial charge in [0.2, 0.25) is 5.95 Å². The molecule has 0 aromatic carbocycles. The van der Waals surface area contributed by atoms with Crippen molar-refractivity contribution in [1.82, 2.24) is 14.1 Å². The van der Waals surface area contributed by atoms with Crippen LogP contribution in [-0.4, -0.2) is 26.7 Å². The third-order valence-electron chi connectivity index (χ3n) is 5.71. The standard InChI is InChI=1S/C24H32N4O5/c1-6-18(13-19-15(4)20(7-2)33-16(19)5)25-22-26-23(30)27(12-11-21(29)32-8-3)24(31)28(22)14-17-9-10-17/h6,13,17H,1,7-12,14H2,2-5H3,(H,25,26,30)/b18-13+. The van der Waals surface area contributed by atoms with E-state index in [-0.39, 0.29) is 25.5 Å². The van der Waals surface area contributed by atoms with Crippen LogP contribution in [0.15, 0.2) is 32.4 Å². The fraction of sp³-hybridized carbons (Fsp3) is 0.500. The monoisotopic (exact) mass is 456 g/mol. The summed E-state index contributed by atoms with van der Waals surface area (Å²) in [5.74, 6) is 1.75. The lowest BCUT2D eigenvalue weighted by atomic mass is 10.1. The summed E-state index contributed by atoms with van der Waals surface area (Å²) >= 11 is 0. The second-order valence-corrected chi connectivity index (χ2v) is 8.16. The summed E-state index contributed by atoms with van der Waals surface area (Å²) in [5, 5.41) is 3.10. The summed E-state index contributed by atoms with van der Waals surface area (Å²) in [7, 11) is 0. The number of hydrogen-bond donors (Lipinski definition) is 1. The first-order chi connectivity index (χ1) is 15.8. The van der Waals surface area contributed by atoms with Crippen LogP contribution in [0.25, 0.3) is 6.08 Å². The molecule has 0 unspecified atom stereocenters. The highest BCUT2D eigenvalue weighted by Gasteiger charge is 2.25. The predicted molar refractivity (Wildman–Crippen MR) is 126 cm³/mol. The first-order valence-electron chi connectivity index (χ1n) is 11.4. The van der Waals surface area contributed by atoms with Gasteiger partial charge in [-0.1, -0.05) is 13.5 Å². The molecular formula is C24H32N4O5. The predicted octanol–water partition coefficient (Wildman–Crippen LogP) is 3.18. The number of aryl methyl sites for hydroxylation is 2. The van der Waals surface area contributed by atoms with Gasteiger partial charge in [-0.3, -0.25) is 9.36 Å². The van der Waals surface area contributed by atoms with Gasteiger partial charge in [0.15, 0.2) is 0 Å². The van der Waals surface area contributed by atoms with Crippen molar-refractivity contribution in [2.75, 3.05) is 11.9 Å². The van der Waals surface area contributed by atoms with E-state index in [4.69, 9.17) is 9.15 Å². The number of ether oxygens (including phenoxy) is 1. The SMILES string of the molecule is C=C/C(=C\c1c(C)oc(CC)c1C)Nc1nc(=O)n(CCC(=O)OCC)c(=O)n1CC1CC1. The molecule has 0 aliphatic heterocycles. The number of nitrogens with one attached hydrogen (secondary N) is 1. The normalized spacial score (nSPS) is 13.8. The van der Waals surface area contributed by atoms with E-state index in [1.54, 1.807) is 13.0 Å². The van der Waals surface area contributed by atoms with Crippen LogP contribution < -0.4 is 16.7 Å². The third kappa shape index (κ3) is 5.71. The van der Waals surface area contributed by atoms with Crippen molar-refractivity contribution in [3.63, 3.8) is 0 Å². The Kier molecular flexibility index (Phi) is 7.73. The number of rotatable bonds is 11. The second kappa shape index (κ2) is 10.5. The molecule has 1 fully saturated rings. The maximum atomic E-state index is 13.2. The molecule has 2 aromatic heterocycles. The minimum absolute atomic E-state index is 0.0719. The summed E-state index contributed by atoms with van der Waals surface area (Å²) in [6, 6.07) is 0. The number of carbonyl (C=O) groups excluding carboxylic acids is 1. The molecule has 0 atom stereocenters. The summed E-state index contributed by atoms with van der Waals surface area (Å²) in [6.45, 7) is 12.1. The summed E-state index contributed by atoms with van der Waals surface area (Å²) in [4.78, 5) is 41.6. The molecule has 33 heavy (non-hydrogen) atoms. The minimum atomic E-state index is -0.716. The van der Waals surface area contributed by atoms with Gasteiger partial charge in [-0.05, 0) is 57.2 Å². The highest BCUT2D eigenvalue weighted by atomic mass is 16.5. The Hall–Kier alpha value is -3.36. The lowest BCUT2D eigenvalue weighted by Crippen LogP contribution is -2.43. The molecule has 1 saturated carbocycles. The molecule has 1 N–H and O–H groups in total. The molecule has 2 heterocycles. The van der Waals surface area contributed by atoms with Crippen LogP contribution >= 0.6 is 0 Å². The highest BCUT2D eigenvalue weighted by Crippen LogP contribution is 2.31. The topological polar surface area (TPSA) is 108 Å². The van der Waals surface area contributed by atoms with Crippen LogP contribution in [0.2, 0.25) is 0 Å². The molecule has 0 bridgehead atoms. The van der Waals surface area contributed by atoms with Crippen molar-refractivity contribution in [2.45, 2.75) is 66.5 Å². The van der Waals surface area contributed by atoms with Crippen molar-refractivity contribution in [1.29, 1.82) is 0 Å². The number of allylic oxidation sites excluding steroid dienone is 1. The van der Waals surface area contributed by atoms with Crippen LogP contribution in [0, 0.1) is 19.8 Å². The van der Waals surface area contributed by atoms with Gasteiger partial charge in [0.05, 0.1) is 13.0 Å². The van der Waals surface area contributed by atoms with Gasteiger partial charge in [0.1, 0.15) is 11.5 Å². The number of carbonyl (C=O) groups is 1. The van der Waals surface area contributed by atoms with E-state index in [1.807, 2.05) is 26.8 Å². The fourth-order valence-electron chi connectivity index (χ4n) is 3.68. The fourth-order valence-corrected chi connectivity index (χ4v) is 3.68. The van der Waals surface area contributed by atoms with Gasteiger partial charge in [-0.25, -0.2) is 14.2 Å². The van der Waals surface area contributed by atoms with E-state index in [9.17, 15) is 14.4 Å². The van der Waals surface area contributed by atoms with E-state index in [2.05, 4.69) is 16.9 Å². The summed E-state index contributed by atoms with van der Waals surface area (Å²) < 4.78 is 13.2. The van der Waals surface area contributed by atoms with E-state index in [1.165, 1.54) is 4.57 Å². The molecule has 0 radical (unpaired) electrons. The van der Waals surface area contributed by atoms with Gasteiger partial charge in [-0.15, -0.1) is 0 Å². The molecule has 178 valence electrons. The number of furan rings is 1. The van der Waals surface area contributed by atoms with E-state index >= 15 is 0 Å². The largest absolute Gasteiger partial charge is 0.466 e. The number of anilines is 1. The molecule has 0 saturated heterocycles. The Balaban J connectivity index is 1.96. The molecule has 3 rings (SSSR count). The average Bonchev–Trinajstić information content (AvgIpc) is 3.56. The molecule has 0 spiro atoms. The number of aromatic nitrogens is 3. The van der Waals surface area contributed by atoms with E-state index < -0.39 is 17.3 Å². The van der Waals surface area contributed by atoms with Gasteiger partial charge in [-0.2, -0.15) is 4.98 Å². The van der Waals surface area contributed by atoms with Crippen LogP contribution in [-0.2, 0) is 29.0 Å². The number of nitrogens with zero attached hydrogens (tertiary/aromatic N) is 3. The maximum absolute atomic E-state index is 13.2. The van der Waals surface area contributed by atoms with Crippen LogP contribution in [0.1, 0.15) is 55.8 Å². The first-order valence-corrected chi connectivity index (χ1v) is 11.4. The van der Waals surface area contributed by atoms with Crippen molar-refractivity contribution < 1.29 is 13.9 Å². The number of esters is 1. The van der Waals surface area contributed by atoms with Crippen molar-refractivity contribution in [3.05, 3.63) is 62.0 Å². The van der Waals surface area contributed by atoms with Crippen molar-refractivity contribution in [3.8, 4) is 0 Å². The zero-order valence-corrected chi connectivity index (χ0v) is 19.8. The van der Waals surface area contributed by atoms with Gasteiger partial charge in [0.25, 0.3) is 0 Å². The Morgan fingerprint density at radius 3 is 2.58 bits per heavy atom. The lowest BCUT2D eigenvalue weighted by molar-refractivity contribution is -0.143. The van der Waals surface area contributed by atoms with Crippen LogP contribution in [0.3, 0.4) is 0 Å². The van der Waals surface area contributed by atoms with Gasteiger partial charge in [0, 0.05) is 30.8 Å². The summed E-state index contributed by atoms with van der Waals surface area (Å²) in [6.07, 6.45) is 6.23. The second-order valence-electron chi connectivity index (χ2n) is 8.16. The maximum Gasteiger partial charge on any atom is 0.354 e. The molecule has 1 aliphatic rings. The van der Waals surface area contributed by atoms with Crippen LogP contribution in [0.4, 0.5) is 5.95 Å². The smallest absolute Gasteiger partial charge is 0.354 e. The molecule has 0 amide bonds. The highest BCUT2D eigenvalue weighted by molar-refractivity contribution is 5.69. The zero-order chi connectivity index (χ0) is 24.1. The van der Waals surface area contributed by atoms with Crippen LogP contribution in [0.5, 0.6) is 0 Å². The molecule has 1 aliphatic carbocycles. The van der Waals surface area contributed by atoms with E-state index in [0.29, 0.717) is 18.2 Å². The number of hydrogen-bond acceptors (Lipinski definition) is 7. The summed E-state index contributed by atoms with van der Waals surface area (Å²) in [5.41, 5.74) is 1.33. The average molecular weight is 457 g/mol. The Morgan fingerprint density at radius 1 is 1.27 bits per heavy atom. The zero-order valence-electron chi connectivity index (χ0n) is 19.8. The van der Waals surface area contributed by atoms with Gasteiger partial charge >= 0.3 is 17.3 Å². The Labute approximate surface area is 192 Å². The quantitative estimate of drug-likeness (QED) is 0.409. The third-order valence-corrected chi connectivity index (χ3v) is 5.71. The minimum Gasteiger partial charge on any atom is -0.466 e. The first kappa shape index (κ1) is 24.3. The Morgan fingerprint density at radius 2 is 2.00 bits per heavy atom. The molecule has 9 heteroatoms. The molecule has 9 nitrogen and oxygen atoms in total. The lowest BCUT2D eigenvalue weighted by Gasteiger charge is -2.15. The Bertz CT molecular complexity index is 1180. The van der Waals surface area contributed by atoms with Gasteiger partial charge < -0.3 is 14.5 Å². The van der Waals surface area contributed by atoms with Crippen molar-refractivity contribution in [2.24, 2.45) is 5.92 Å². The molecule has 2 aromatic rings. The van der Waals surface area contributed by atoms with Crippen molar-refractivity contribution >= 4 is 18.0 Å².